The van der Waals surface area contributed by atoms with Gasteiger partial charge in [-0.1, -0.05) is 18.2 Å². The van der Waals surface area contributed by atoms with Crippen molar-refractivity contribution in [1.82, 2.24) is 0 Å². The molecule has 0 bridgehead atoms. The maximum atomic E-state index is 12.9. The number of nitrogens with two attached hydrogens (primary N) is 1. The summed E-state index contributed by atoms with van der Waals surface area (Å²) in [4.78, 5) is 0. The van der Waals surface area contributed by atoms with Gasteiger partial charge in [-0.15, -0.1) is 12.4 Å². The Morgan fingerprint density at radius 2 is 2.07 bits per heavy atom. The summed E-state index contributed by atoms with van der Waals surface area (Å²) >= 11 is 0. The molecule has 0 aliphatic heterocycles. The Morgan fingerprint density at radius 3 is 2.53 bits per heavy atom. The molecule has 0 aliphatic rings. The maximum Gasteiger partial charge on any atom is 0.270 e. The Labute approximate surface area is 93.5 Å². The van der Waals surface area contributed by atoms with Crippen LogP contribution in [0.3, 0.4) is 0 Å². The summed E-state index contributed by atoms with van der Waals surface area (Å²) in [6, 6.07) is 5.19. The van der Waals surface area contributed by atoms with Crippen molar-refractivity contribution in [2.45, 2.75) is 18.9 Å². The maximum absolute atomic E-state index is 12.9. The normalized spacial score (nSPS) is 13.1. The molecular formula is C10H14ClF2NO. The predicted molar refractivity (Wildman–Crippen MR) is 57.3 cm³/mol. The topological polar surface area (TPSA) is 46.2 Å². The van der Waals surface area contributed by atoms with Crippen molar-refractivity contribution in [3.63, 3.8) is 0 Å². The second-order valence-electron chi connectivity index (χ2n) is 3.30. The van der Waals surface area contributed by atoms with Crippen LogP contribution in [-0.2, 0) is 5.92 Å². The van der Waals surface area contributed by atoms with Crippen LogP contribution >= 0.6 is 12.4 Å². The summed E-state index contributed by atoms with van der Waals surface area (Å²) in [6.45, 7) is 0.579. The highest BCUT2D eigenvalue weighted by Crippen LogP contribution is 2.28. The second-order valence-corrected chi connectivity index (χ2v) is 3.30. The molecule has 15 heavy (non-hydrogen) atoms. The highest BCUT2D eigenvalue weighted by atomic mass is 35.5. The standard InChI is InChI=1S/C10H13F2NO.ClH/c1-10(11,12)8-4-2-3-7(5-8)9(13)6-14;/h2-5,9,14H,6,13H2,1H3;1H/t9-;/m1./s1. The van der Waals surface area contributed by atoms with Crippen molar-refractivity contribution >= 4 is 12.4 Å². The van der Waals surface area contributed by atoms with Gasteiger partial charge >= 0.3 is 0 Å². The Kier molecular flexibility index (Phi) is 5.14. The van der Waals surface area contributed by atoms with Gasteiger partial charge in [0.15, 0.2) is 0 Å². The Hall–Kier alpha value is -0.710. The Balaban J connectivity index is 0.00000196. The molecule has 1 rings (SSSR count). The van der Waals surface area contributed by atoms with E-state index in [4.69, 9.17) is 10.8 Å². The van der Waals surface area contributed by atoms with E-state index in [1.807, 2.05) is 0 Å². The van der Waals surface area contributed by atoms with Crippen LogP contribution in [-0.4, -0.2) is 11.7 Å². The van der Waals surface area contributed by atoms with Gasteiger partial charge in [0.1, 0.15) is 0 Å². The van der Waals surface area contributed by atoms with Crippen LogP contribution in [0, 0.1) is 0 Å². The van der Waals surface area contributed by atoms with Gasteiger partial charge < -0.3 is 10.8 Å². The summed E-state index contributed by atoms with van der Waals surface area (Å²) < 4.78 is 25.8. The first kappa shape index (κ1) is 14.3. The first-order valence-corrected chi connectivity index (χ1v) is 4.30. The molecule has 0 radical (unpaired) electrons. The van der Waals surface area contributed by atoms with Gasteiger partial charge in [0, 0.05) is 12.5 Å². The largest absolute Gasteiger partial charge is 0.394 e. The molecule has 1 atom stereocenters. The van der Waals surface area contributed by atoms with Crippen LogP contribution < -0.4 is 5.73 Å². The molecule has 0 unspecified atom stereocenters. The molecule has 1 aromatic rings. The molecule has 2 nitrogen and oxygen atoms in total. The fourth-order valence-electron chi connectivity index (χ4n) is 1.15. The van der Waals surface area contributed by atoms with E-state index < -0.39 is 12.0 Å². The van der Waals surface area contributed by atoms with Crippen LogP contribution in [0.4, 0.5) is 8.78 Å². The average molecular weight is 238 g/mol. The molecule has 0 amide bonds. The number of hydrogen-bond donors (Lipinski definition) is 2. The first-order chi connectivity index (χ1) is 6.45. The zero-order chi connectivity index (χ0) is 10.8. The minimum atomic E-state index is -2.87. The molecule has 0 spiro atoms. The molecule has 1 aromatic carbocycles. The molecule has 0 aliphatic carbocycles. The van der Waals surface area contributed by atoms with Crippen molar-refractivity contribution in [2.24, 2.45) is 5.73 Å². The summed E-state index contributed by atoms with van der Waals surface area (Å²) in [7, 11) is 0. The predicted octanol–water partition coefficient (Wildman–Crippen LogP) is 2.21. The highest BCUT2D eigenvalue weighted by Gasteiger charge is 2.24. The smallest absolute Gasteiger partial charge is 0.270 e. The molecule has 0 saturated heterocycles. The van der Waals surface area contributed by atoms with E-state index in [0.717, 1.165) is 6.92 Å². The number of rotatable bonds is 3. The van der Waals surface area contributed by atoms with Gasteiger partial charge in [0.05, 0.1) is 12.6 Å². The van der Waals surface area contributed by atoms with Gasteiger partial charge in [0.2, 0.25) is 0 Å². The summed E-state index contributed by atoms with van der Waals surface area (Å²) in [5.74, 6) is -2.87. The van der Waals surface area contributed by atoms with E-state index in [9.17, 15) is 8.78 Å². The number of alkyl halides is 2. The van der Waals surface area contributed by atoms with Crippen molar-refractivity contribution in [1.29, 1.82) is 0 Å². The number of halogens is 3. The molecule has 3 N–H and O–H groups in total. The van der Waals surface area contributed by atoms with Crippen molar-refractivity contribution in [2.75, 3.05) is 6.61 Å². The first-order valence-electron chi connectivity index (χ1n) is 4.30. The van der Waals surface area contributed by atoms with Gasteiger partial charge in [-0.05, 0) is 11.6 Å². The minimum absolute atomic E-state index is 0. The van der Waals surface area contributed by atoms with Gasteiger partial charge in [0.25, 0.3) is 5.92 Å². The third-order valence-corrected chi connectivity index (χ3v) is 2.02. The van der Waals surface area contributed by atoms with Crippen molar-refractivity contribution in [3.05, 3.63) is 35.4 Å². The van der Waals surface area contributed by atoms with E-state index in [0.29, 0.717) is 5.56 Å². The average Bonchev–Trinajstić information content (AvgIpc) is 2.15. The Bertz CT molecular complexity index is 315. The molecule has 0 aromatic heterocycles. The molecular weight excluding hydrogens is 224 g/mol. The lowest BCUT2D eigenvalue weighted by Crippen LogP contribution is -2.16. The lowest BCUT2D eigenvalue weighted by molar-refractivity contribution is 0.0173. The monoisotopic (exact) mass is 237 g/mol. The van der Waals surface area contributed by atoms with E-state index >= 15 is 0 Å². The molecule has 0 saturated carbocycles. The summed E-state index contributed by atoms with van der Waals surface area (Å²) in [5.41, 5.74) is 5.95. The van der Waals surface area contributed by atoms with Crippen molar-refractivity contribution < 1.29 is 13.9 Å². The lowest BCUT2D eigenvalue weighted by Gasteiger charge is -2.14. The molecule has 0 heterocycles. The Morgan fingerprint density at radius 1 is 1.47 bits per heavy atom. The number of aliphatic hydroxyl groups is 1. The number of hydrogen-bond acceptors (Lipinski definition) is 2. The van der Waals surface area contributed by atoms with E-state index in [1.54, 1.807) is 6.07 Å². The van der Waals surface area contributed by atoms with Crippen LogP contribution in [0.15, 0.2) is 24.3 Å². The molecule has 86 valence electrons. The van der Waals surface area contributed by atoms with Gasteiger partial charge in [-0.2, -0.15) is 0 Å². The SMILES string of the molecule is CC(F)(F)c1cccc([C@H](N)CO)c1.Cl. The fraction of sp³-hybridized carbons (Fsp3) is 0.400. The molecule has 0 fully saturated rings. The minimum Gasteiger partial charge on any atom is -0.394 e. The van der Waals surface area contributed by atoms with Crippen molar-refractivity contribution in [3.8, 4) is 0 Å². The van der Waals surface area contributed by atoms with Gasteiger partial charge in [-0.3, -0.25) is 0 Å². The van der Waals surface area contributed by atoms with E-state index in [2.05, 4.69) is 0 Å². The lowest BCUT2D eigenvalue weighted by atomic mass is 10.0. The third-order valence-electron chi connectivity index (χ3n) is 2.02. The van der Waals surface area contributed by atoms with Crippen LogP contribution in [0.5, 0.6) is 0 Å². The summed E-state index contributed by atoms with van der Waals surface area (Å²) in [5, 5.41) is 8.77. The van der Waals surface area contributed by atoms with Crippen LogP contribution in [0.1, 0.15) is 24.1 Å². The third kappa shape index (κ3) is 3.74. The zero-order valence-electron chi connectivity index (χ0n) is 8.28. The van der Waals surface area contributed by atoms with Crippen LogP contribution in [0.25, 0.3) is 0 Å². The van der Waals surface area contributed by atoms with E-state index in [-0.39, 0.29) is 24.6 Å². The number of aliphatic hydroxyl groups excluding tert-OH is 1. The highest BCUT2D eigenvalue weighted by molar-refractivity contribution is 5.85. The van der Waals surface area contributed by atoms with E-state index in [1.165, 1.54) is 18.2 Å². The molecule has 5 heteroatoms. The zero-order valence-corrected chi connectivity index (χ0v) is 9.10. The fourth-order valence-corrected chi connectivity index (χ4v) is 1.15. The quantitative estimate of drug-likeness (QED) is 0.847. The number of benzene rings is 1. The summed E-state index contributed by atoms with van der Waals surface area (Å²) in [6.07, 6.45) is 0. The second kappa shape index (κ2) is 5.39. The van der Waals surface area contributed by atoms with Gasteiger partial charge in [-0.25, -0.2) is 8.78 Å². The van der Waals surface area contributed by atoms with Crippen LogP contribution in [0.2, 0.25) is 0 Å².